The van der Waals surface area contributed by atoms with E-state index in [-0.39, 0.29) is 23.1 Å². The third-order valence-electron chi connectivity index (χ3n) is 5.26. The van der Waals surface area contributed by atoms with Crippen LogP contribution >= 0.6 is 0 Å². The number of benzene rings is 1. The Labute approximate surface area is 152 Å². The van der Waals surface area contributed by atoms with Crippen molar-refractivity contribution >= 4 is 14.2 Å². The average molecular weight is 359 g/mol. The van der Waals surface area contributed by atoms with E-state index in [1.165, 1.54) is 0 Å². The summed E-state index contributed by atoms with van der Waals surface area (Å²) in [6, 6.07) is 7.48. The molecule has 2 N–H and O–H groups in total. The predicted molar refractivity (Wildman–Crippen MR) is 105 cm³/mol. The quantitative estimate of drug-likeness (QED) is 0.628. The molecule has 1 fully saturated rings. The standard InChI is InChI=1S/C20H30N2O2Si/c1-7-15-8-10-16(11-9-15)13-22-19(23)18-12-17(14-21-18)24-25(5,6)20(2,3)4/h1,8-11,17-18,21H,12-14H2,2-6H3,(H,22,23)/t17-,18+/m1/s1. The predicted octanol–water partition coefficient (Wildman–Crippen LogP) is 3.04. The van der Waals surface area contributed by atoms with Crippen molar-refractivity contribution in [2.45, 2.75) is 64.0 Å². The summed E-state index contributed by atoms with van der Waals surface area (Å²) >= 11 is 0. The molecule has 1 aliphatic heterocycles. The molecule has 0 unspecified atom stereocenters. The van der Waals surface area contributed by atoms with Gasteiger partial charge in [-0.3, -0.25) is 4.79 Å². The van der Waals surface area contributed by atoms with Crippen LogP contribution in [-0.4, -0.2) is 32.9 Å². The van der Waals surface area contributed by atoms with Crippen LogP contribution in [0.3, 0.4) is 0 Å². The molecule has 136 valence electrons. The van der Waals surface area contributed by atoms with Crippen LogP contribution in [0.1, 0.15) is 38.3 Å². The van der Waals surface area contributed by atoms with Gasteiger partial charge in [-0.15, -0.1) is 6.42 Å². The van der Waals surface area contributed by atoms with E-state index < -0.39 is 8.32 Å². The van der Waals surface area contributed by atoms with Crippen LogP contribution in [0.5, 0.6) is 0 Å². The first kappa shape index (κ1) is 19.7. The molecule has 0 spiro atoms. The van der Waals surface area contributed by atoms with E-state index in [4.69, 9.17) is 10.8 Å². The molecule has 0 radical (unpaired) electrons. The monoisotopic (exact) mass is 358 g/mol. The summed E-state index contributed by atoms with van der Waals surface area (Å²) in [5.74, 6) is 2.62. The maximum absolute atomic E-state index is 12.4. The van der Waals surface area contributed by atoms with Crippen molar-refractivity contribution in [3.05, 3.63) is 35.4 Å². The van der Waals surface area contributed by atoms with Gasteiger partial charge >= 0.3 is 0 Å². The Balaban J connectivity index is 1.83. The lowest BCUT2D eigenvalue weighted by molar-refractivity contribution is -0.123. The molecule has 0 saturated carbocycles. The number of nitrogens with one attached hydrogen (secondary N) is 2. The molecule has 1 aromatic rings. The minimum Gasteiger partial charge on any atom is -0.413 e. The molecule has 1 aliphatic rings. The first-order valence-electron chi connectivity index (χ1n) is 8.87. The number of hydrogen-bond donors (Lipinski definition) is 2. The highest BCUT2D eigenvalue weighted by molar-refractivity contribution is 6.74. The second-order valence-electron chi connectivity index (χ2n) is 8.26. The number of terminal acetylenes is 1. The van der Waals surface area contributed by atoms with Crippen molar-refractivity contribution in [2.75, 3.05) is 6.54 Å². The maximum Gasteiger partial charge on any atom is 0.237 e. The second-order valence-corrected chi connectivity index (χ2v) is 13.0. The van der Waals surface area contributed by atoms with Crippen molar-refractivity contribution in [2.24, 2.45) is 0 Å². The smallest absolute Gasteiger partial charge is 0.237 e. The average Bonchev–Trinajstić information content (AvgIpc) is 3.00. The summed E-state index contributed by atoms with van der Waals surface area (Å²) in [4.78, 5) is 12.4. The fraction of sp³-hybridized carbons (Fsp3) is 0.550. The van der Waals surface area contributed by atoms with Gasteiger partial charge in [-0.05, 0) is 42.2 Å². The van der Waals surface area contributed by atoms with E-state index in [1.807, 2.05) is 24.3 Å². The minimum absolute atomic E-state index is 0.0300. The van der Waals surface area contributed by atoms with E-state index in [2.05, 4.69) is 50.4 Å². The van der Waals surface area contributed by atoms with Gasteiger partial charge < -0.3 is 15.1 Å². The Kier molecular flexibility index (Phi) is 6.10. The molecule has 25 heavy (non-hydrogen) atoms. The third kappa shape index (κ3) is 5.18. The molecule has 4 nitrogen and oxygen atoms in total. The normalized spacial score (nSPS) is 21.0. The SMILES string of the molecule is C#Cc1ccc(CNC(=O)[C@@H]2C[C@@H](O[Si](C)(C)C(C)(C)C)CN2)cc1. The molecule has 1 saturated heterocycles. The van der Waals surface area contributed by atoms with Gasteiger partial charge in [-0.1, -0.05) is 38.8 Å². The van der Waals surface area contributed by atoms with Crippen molar-refractivity contribution in [3.63, 3.8) is 0 Å². The van der Waals surface area contributed by atoms with Crippen LogP contribution in [-0.2, 0) is 15.8 Å². The van der Waals surface area contributed by atoms with Gasteiger partial charge in [0.05, 0.1) is 12.1 Å². The van der Waals surface area contributed by atoms with Gasteiger partial charge in [0, 0.05) is 18.7 Å². The summed E-state index contributed by atoms with van der Waals surface area (Å²) in [7, 11) is -1.80. The highest BCUT2D eigenvalue weighted by Crippen LogP contribution is 2.38. The molecule has 5 heteroatoms. The molecular formula is C20H30N2O2Si. The van der Waals surface area contributed by atoms with Gasteiger partial charge in [-0.2, -0.15) is 0 Å². The van der Waals surface area contributed by atoms with Gasteiger partial charge in [0.15, 0.2) is 8.32 Å². The molecule has 2 atom stereocenters. The van der Waals surface area contributed by atoms with Crippen molar-refractivity contribution in [1.82, 2.24) is 10.6 Å². The van der Waals surface area contributed by atoms with Gasteiger partial charge in [0.25, 0.3) is 0 Å². The van der Waals surface area contributed by atoms with Crippen LogP contribution in [0, 0.1) is 12.3 Å². The van der Waals surface area contributed by atoms with Crippen molar-refractivity contribution < 1.29 is 9.22 Å². The third-order valence-corrected chi connectivity index (χ3v) is 9.80. The first-order valence-corrected chi connectivity index (χ1v) is 11.8. The Hall–Kier alpha value is -1.61. The van der Waals surface area contributed by atoms with E-state index in [0.717, 1.165) is 24.1 Å². The Morgan fingerprint density at radius 1 is 1.36 bits per heavy atom. The number of carbonyl (C=O) groups excluding carboxylic acids is 1. The fourth-order valence-corrected chi connectivity index (χ4v) is 3.98. The fourth-order valence-electron chi connectivity index (χ4n) is 2.62. The molecule has 2 rings (SSSR count). The number of rotatable bonds is 5. The largest absolute Gasteiger partial charge is 0.413 e. The second kappa shape index (κ2) is 7.73. The van der Waals surface area contributed by atoms with Gasteiger partial charge in [0.2, 0.25) is 5.91 Å². The maximum atomic E-state index is 12.4. The van der Waals surface area contributed by atoms with Crippen LogP contribution in [0.2, 0.25) is 18.1 Å². The van der Waals surface area contributed by atoms with Crippen LogP contribution in [0.15, 0.2) is 24.3 Å². The molecular weight excluding hydrogens is 328 g/mol. The number of carbonyl (C=O) groups is 1. The van der Waals surface area contributed by atoms with E-state index >= 15 is 0 Å². The number of hydrogen-bond acceptors (Lipinski definition) is 3. The highest BCUT2D eigenvalue weighted by Gasteiger charge is 2.41. The summed E-state index contributed by atoms with van der Waals surface area (Å²) in [5, 5.41) is 6.47. The van der Waals surface area contributed by atoms with Gasteiger partial charge in [0.1, 0.15) is 0 Å². The van der Waals surface area contributed by atoms with E-state index in [1.54, 1.807) is 0 Å². The van der Waals surface area contributed by atoms with Crippen LogP contribution < -0.4 is 10.6 Å². The summed E-state index contributed by atoms with van der Waals surface area (Å²) in [5.41, 5.74) is 1.89. The van der Waals surface area contributed by atoms with Crippen molar-refractivity contribution in [3.8, 4) is 12.3 Å². The lowest BCUT2D eigenvalue weighted by Gasteiger charge is -2.38. The van der Waals surface area contributed by atoms with Crippen LogP contribution in [0.25, 0.3) is 0 Å². The van der Waals surface area contributed by atoms with E-state index in [9.17, 15) is 4.79 Å². The van der Waals surface area contributed by atoms with E-state index in [0.29, 0.717) is 6.54 Å². The minimum atomic E-state index is -1.80. The molecule has 0 bridgehead atoms. The highest BCUT2D eigenvalue weighted by atomic mass is 28.4. The Bertz CT molecular complexity index is 641. The van der Waals surface area contributed by atoms with Gasteiger partial charge in [-0.25, -0.2) is 0 Å². The lowest BCUT2D eigenvalue weighted by Crippen LogP contribution is -2.44. The zero-order valence-corrected chi connectivity index (χ0v) is 17.0. The molecule has 0 aliphatic carbocycles. The summed E-state index contributed by atoms with van der Waals surface area (Å²) in [6.45, 7) is 12.4. The number of amides is 1. The summed E-state index contributed by atoms with van der Waals surface area (Å²) < 4.78 is 6.41. The Morgan fingerprint density at radius 3 is 2.56 bits per heavy atom. The first-order chi connectivity index (χ1) is 11.6. The molecule has 1 amide bonds. The zero-order valence-electron chi connectivity index (χ0n) is 16.0. The molecule has 0 aromatic heterocycles. The summed E-state index contributed by atoms with van der Waals surface area (Å²) in [6.07, 6.45) is 6.20. The topological polar surface area (TPSA) is 50.4 Å². The zero-order chi connectivity index (χ0) is 18.7. The lowest BCUT2D eigenvalue weighted by atomic mass is 10.1. The Morgan fingerprint density at radius 2 is 2.00 bits per heavy atom. The molecule has 1 aromatic carbocycles. The molecule has 1 heterocycles. The van der Waals surface area contributed by atoms with Crippen molar-refractivity contribution in [1.29, 1.82) is 0 Å². The van der Waals surface area contributed by atoms with Crippen LogP contribution in [0.4, 0.5) is 0 Å².